The number of rotatable bonds is 5. The summed E-state index contributed by atoms with van der Waals surface area (Å²) in [7, 11) is 0. The van der Waals surface area contributed by atoms with Crippen LogP contribution in [0.2, 0.25) is 0 Å². The minimum absolute atomic E-state index is 0.264. The van der Waals surface area contributed by atoms with Crippen molar-refractivity contribution in [1.82, 2.24) is 4.98 Å². The molecule has 0 aliphatic carbocycles. The fourth-order valence-electron chi connectivity index (χ4n) is 1.61. The van der Waals surface area contributed by atoms with Crippen LogP contribution in [-0.2, 0) is 0 Å². The van der Waals surface area contributed by atoms with Crippen molar-refractivity contribution < 1.29 is 9.52 Å². The lowest BCUT2D eigenvalue weighted by atomic mass is 10.2. The zero-order valence-electron chi connectivity index (χ0n) is 9.81. The molecular formula is C12H17N3O2. The molecule has 2 rings (SSSR count). The highest BCUT2D eigenvalue weighted by Gasteiger charge is 2.05. The number of hydrogen-bond donors (Lipinski definition) is 3. The van der Waals surface area contributed by atoms with Gasteiger partial charge in [0, 0.05) is 12.2 Å². The van der Waals surface area contributed by atoms with Crippen LogP contribution < -0.4 is 11.1 Å². The molecule has 1 aromatic heterocycles. The third-order valence-electron chi connectivity index (χ3n) is 2.49. The average Bonchev–Trinajstić information content (AvgIpc) is 2.66. The number of nitrogen functional groups attached to an aromatic ring is 1. The largest absolute Gasteiger partial charge is 0.424 e. The summed E-state index contributed by atoms with van der Waals surface area (Å²) in [5.74, 6) is 0. The number of aliphatic hydroxyl groups is 1. The quantitative estimate of drug-likeness (QED) is 0.545. The molecule has 4 N–H and O–H groups in total. The van der Waals surface area contributed by atoms with Crippen molar-refractivity contribution in [1.29, 1.82) is 0 Å². The van der Waals surface area contributed by atoms with E-state index in [4.69, 9.17) is 15.3 Å². The van der Waals surface area contributed by atoms with E-state index < -0.39 is 0 Å². The molecule has 0 spiro atoms. The van der Waals surface area contributed by atoms with Crippen molar-refractivity contribution in [3.63, 3.8) is 0 Å². The van der Waals surface area contributed by atoms with E-state index in [2.05, 4.69) is 10.3 Å². The standard InChI is InChI=1S/C12H17N3O2/c1-8(16)3-2-6-14-12-15-10-7-9(13)4-5-11(10)17-12/h4-5,7-8,16H,2-3,6,13H2,1H3,(H,14,15). The molecule has 17 heavy (non-hydrogen) atoms. The van der Waals surface area contributed by atoms with Crippen molar-refractivity contribution in [2.75, 3.05) is 17.6 Å². The fourth-order valence-corrected chi connectivity index (χ4v) is 1.61. The Kier molecular flexibility index (Phi) is 3.49. The number of aliphatic hydroxyl groups excluding tert-OH is 1. The summed E-state index contributed by atoms with van der Waals surface area (Å²) in [5.41, 5.74) is 7.80. The first-order chi connectivity index (χ1) is 8.15. The molecule has 0 radical (unpaired) electrons. The van der Waals surface area contributed by atoms with Gasteiger partial charge in [-0.25, -0.2) is 0 Å². The molecule has 2 aromatic rings. The second-order valence-corrected chi connectivity index (χ2v) is 4.16. The molecule has 0 fully saturated rings. The van der Waals surface area contributed by atoms with Crippen LogP contribution in [0.25, 0.3) is 11.1 Å². The maximum absolute atomic E-state index is 9.11. The first-order valence-electron chi connectivity index (χ1n) is 5.73. The number of nitrogens with zero attached hydrogens (tertiary/aromatic N) is 1. The Balaban J connectivity index is 1.95. The Morgan fingerprint density at radius 1 is 1.53 bits per heavy atom. The van der Waals surface area contributed by atoms with Crippen molar-refractivity contribution in [2.24, 2.45) is 0 Å². The lowest BCUT2D eigenvalue weighted by molar-refractivity contribution is 0.183. The van der Waals surface area contributed by atoms with Crippen LogP contribution >= 0.6 is 0 Å². The Bertz CT molecular complexity index is 493. The molecule has 1 heterocycles. The summed E-state index contributed by atoms with van der Waals surface area (Å²) in [4.78, 5) is 4.27. The number of hydrogen-bond acceptors (Lipinski definition) is 5. The van der Waals surface area contributed by atoms with Gasteiger partial charge in [-0.3, -0.25) is 0 Å². The molecule has 5 heteroatoms. The van der Waals surface area contributed by atoms with Crippen LogP contribution in [0.3, 0.4) is 0 Å². The van der Waals surface area contributed by atoms with Crippen molar-refractivity contribution in [3.8, 4) is 0 Å². The van der Waals surface area contributed by atoms with Crippen LogP contribution in [0.15, 0.2) is 22.6 Å². The molecule has 0 saturated carbocycles. The Morgan fingerprint density at radius 3 is 3.12 bits per heavy atom. The molecule has 0 bridgehead atoms. The van der Waals surface area contributed by atoms with Crippen LogP contribution in [0.4, 0.5) is 11.7 Å². The molecule has 0 aliphatic rings. The first-order valence-corrected chi connectivity index (χ1v) is 5.73. The van der Waals surface area contributed by atoms with E-state index in [0.717, 1.165) is 30.5 Å². The molecule has 5 nitrogen and oxygen atoms in total. The normalized spacial score (nSPS) is 12.8. The van der Waals surface area contributed by atoms with Crippen LogP contribution in [0, 0.1) is 0 Å². The molecule has 1 aromatic carbocycles. The van der Waals surface area contributed by atoms with Crippen molar-refractivity contribution >= 4 is 22.8 Å². The van der Waals surface area contributed by atoms with Gasteiger partial charge < -0.3 is 20.6 Å². The predicted molar refractivity (Wildman–Crippen MR) is 67.8 cm³/mol. The van der Waals surface area contributed by atoms with Gasteiger partial charge in [0.1, 0.15) is 5.52 Å². The van der Waals surface area contributed by atoms with Gasteiger partial charge in [0.2, 0.25) is 0 Å². The molecule has 0 aliphatic heterocycles. The zero-order valence-corrected chi connectivity index (χ0v) is 9.81. The Hall–Kier alpha value is -1.75. The highest BCUT2D eigenvalue weighted by molar-refractivity contribution is 5.78. The average molecular weight is 235 g/mol. The number of nitrogens with two attached hydrogens (primary N) is 1. The Morgan fingerprint density at radius 2 is 2.35 bits per heavy atom. The summed E-state index contributed by atoms with van der Waals surface area (Å²) in [6, 6.07) is 5.86. The van der Waals surface area contributed by atoms with E-state index in [1.807, 2.05) is 0 Å². The summed E-state index contributed by atoms with van der Waals surface area (Å²) in [6.45, 7) is 2.51. The summed E-state index contributed by atoms with van der Waals surface area (Å²) >= 11 is 0. The van der Waals surface area contributed by atoms with Gasteiger partial charge in [0.25, 0.3) is 6.01 Å². The van der Waals surface area contributed by atoms with Crippen LogP contribution in [0.1, 0.15) is 19.8 Å². The SMILES string of the molecule is CC(O)CCCNc1nc2cc(N)ccc2o1. The summed E-state index contributed by atoms with van der Waals surface area (Å²) in [5, 5.41) is 12.2. The number of benzene rings is 1. The smallest absolute Gasteiger partial charge is 0.295 e. The fraction of sp³-hybridized carbons (Fsp3) is 0.417. The molecule has 0 saturated heterocycles. The van der Waals surface area contributed by atoms with Gasteiger partial charge in [-0.15, -0.1) is 0 Å². The van der Waals surface area contributed by atoms with Crippen molar-refractivity contribution in [3.05, 3.63) is 18.2 Å². The van der Waals surface area contributed by atoms with Gasteiger partial charge >= 0.3 is 0 Å². The van der Waals surface area contributed by atoms with Crippen LogP contribution in [0.5, 0.6) is 0 Å². The lowest BCUT2D eigenvalue weighted by Crippen LogP contribution is -2.06. The molecule has 1 atom stereocenters. The molecular weight excluding hydrogens is 218 g/mol. The number of fused-ring (bicyclic) bond motifs is 1. The van der Waals surface area contributed by atoms with Gasteiger partial charge in [-0.2, -0.15) is 4.98 Å². The second-order valence-electron chi connectivity index (χ2n) is 4.16. The molecule has 0 amide bonds. The number of aromatic nitrogens is 1. The maximum Gasteiger partial charge on any atom is 0.295 e. The van der Waals surface area contributed by atoms with Gasteiger partial charge in [0.05, 0.1) is 6.10 Å². The van der Waals surface area contributed by atoms with Crippen LogP contribution in [-0.4, -0.2) is 22.7 Å². The van der Waals surface area contributed by atoms with Gasteiger partial charge in [0.15, 0.2) is 5.58 Å². The minimum atomic E-state index is -0.264. The van der Waals surface area contributed by atoms with Crippen molar-refractivity contribution in [2.45, 2.75) is 25.9 Å². The highest BCUT2D eigenvalue weighted by atomic mass is 16.4. The highest BCUT2D eigenvalue weighted by Crippen LogP contribution is 2.20. The molecule has 92 valence electrons. The number of nitrogens with one attached hydrogen (secondary N) is 1. The van der Waals surface area contributed by atoms with Gasteiger partial charge in [-0.05, 0) is 38.0 Å². The third kappa shape index (κ3) is 3.10. The van der Waals surface area contributed by atoms with E-state index in [1.165, 1.54) is 0 Å². The molecule has 1 unspecified atom stereocenters. The maximum atomic E-state index is 9.11. The lowest BCUT2D eigenvalue weighted by Gasteiger charge is -2.03. The monoisotopic (exact) mass is 235 g/mol. The van der Waals surface area contributed by atoms with Gasteiger partial charge in [-0.1, -0.05) is 0 Å². The predicted octanol–water partition coefficient (Wildman–Crippen LogP) is 1.98. The van der Waals surface area contributed by atoms with E-state index in [-0.39, 0.29) is 6.10 Å². The number of anilines is 2. The zero-order chi connectivity index (χ0) is 12.3. The summed E-state index contributed by atoms with van der Waals surface area (Å²) in [6.07, 6.45) is 1.37. The second kappa shape index (κ2) is 5.05. The topological polar surface area (TPSA) is 84.3 Å². The third-order valence-corrected chi connectivity index (χ3v) is 2.49. The summed E-state index contributed by atoms with van der Waals surface area (Å²) < 4.78 is 5.49. The van der Waals surface area contributed by atoms with E-state index in [1.54, 1.807) is 25.1 Å². The van der Waals surface area contributed by atoms with E-state index >= 15 is 0 Å². The Labute approximate surface area is 99.6 Å². The number of oxazole rings is 1. The first kappa shape index (κ1) is 11.7. The minimum Gasteiger partial charge on any atom is -0.424 e. The van der Waals surface area contributed by atoms with E-state index in [9.17, 15) is 0 Å². The van der Waals surface area contributed by atoms with E-state index in [0.29, 0.717) is 11.7 Å².